The van der Waals surface area contributed by atoms with Crippen LogP contribution in [0.5, 0.6) is 0 Å². The Balaban J connectivity index is 1.51. The van der Waals surface area contributed by atoms with Crippen LogP contribution < -0.4 is 15.1 Å². The fourth-order valence-electron chi connectivity index (χ4n) is 3.21. The third-order valence-corrected chi connectivity index (χ3v) is 5.71. The first-order valence-corrected chi connectivity index (χ1v) is 9.66. The molecule has 2 amide bonds. The number of rotatable bonds is 6. The molecule has 0 radical (unpaired) electrons. The van der Waals surface area contributed by atoms with Gasteiger partial charge in [0.2, 0.25) is 22.1 Å². The summed E-state index contributed by atoms with van der Waals surface area (Å²) in [5, 5.41) is 12.9. The molecule has 2 aliphatic heterocycles. The van der Waals surface area contributed by atoms with E-state index in [1.807, 2.05) is 0 Å². The van der Waals surface area contributed by atoms with E-state index < -0.39 is 0 Å². The Morgan fingerprint density at radius 2 is 2.00 bits per heavy atom. The van der Waals surface area contributed by atoms with Crippen LogP contribution in [-0.4, -0.2) is 61.9 Å². The monoisotopic (exact) mass is 367 g/mol. The summed E-state index contributed by atoms with van der Waals surface area (Å²) >= 11 is 1.47. The molecule has 1 N–H and O–H groups in total. The van der Waals surface area contributed by atoms with Crippen molar-refractivity contribution in [1.29, 1.82) is 0 Å². The maximum atomic E-state index is 12.1. The molecule has 2 fully saturated rings. The zero-order valence-electron chi connectivity index (χ0n) is 14.6. The molecule has 8 nitrogen and oxygen atoms in total. The molecule has 0 unspecified atom stereocenters. The molecule has 1 aromatic heterocycles. The molecule has 3 rings (SSSR count). The molecular weight excluding hydrogens is 342 g/mol. The third-order valence-electron chi connectivity index (χ3n) is 4.70. The number of hydrogen-bond acceptors (Lipinski definition) is 7. The summed E-state index contributed by atoms with van der Waals surface area (Å²) in [6, 6.07) is 0. The summed E-state index contributed by atoms with van der Waals surface area (Å²) < 4.78 is 4.95. The smallest absolute Gasteiger partial charge is 0.228 e. The zero-order valence-corrected chi connectivity index (χ0v) is 15.4. The second-order valence-corrected chi connectivity index (χ2v) is 7.35. The largest absolute Gasteiger partial charge is 0.383 e. The zero-order chi connectivity index (χ0) is 17.6. The summed E-state index contributed by atoms with van der Waals surface area (Å²) in [5.74, 6) is 0.290. The van der Waals surface area contributed by atoms with E-state index in [1.54, 1.807) is 12.0 Å². The van der Waals surface area contributed by atoms with Crippen molar-refractivity contribution in [1.82, 2.24) is 15.5 Å². The van der Waals surface area contributed by atoms with Gasteiger partial charge in [0, 0.05) is 45.6 Å². The molecule has 0 bridgehead atoms. The SMILES string of the molecule is COCCNC(=O)C1CCN(c2nnc(N3CCCCC3=O)s2)CC1. The quantitative estimate of drug-likeness (QED) is 0.756. The van der Waals surface area contributed by atoms with Gasteiger partial charge in [-0.15, -0.1) is 10.2 Å². The Bertz CT molecular complexity index is 600. The Labute approximate surface area is 151 Å². The number of amides is 2. The number of anilines is 2. The average Bonchev–Trinajstić information content (AvgIpc) is 3.12. The van der Waals surface area contributed by atoms with E-state index in [0.717, 1.165) is 50.4 Å². The number of hydrogen-bond donors (Lipinski definition) is 1. The van der Waals surface area contributed by atoms with Crippen molar-refractivity contribution in [2.45, 2.75) is 32.1 Å². The van der Waals surface area contributed by atoms with Crippen LogP contribution in [0.15, 0.2) is 0 Å². The molecule has 0 atom stereocenters. The number of nitrogens with one attached hydrogen (secondary N) is 1. The van der Waals surface area contributed by atoms with E-state index >= 15 is 0 Å². The number of ether oxygens (including phenoxy) is 1. The minimum atomic E-state index is 0.0455. The van der Waals surface area contributed by atoms with Gasteiger partial charge in [0.15, 0.2) is 0 Å². The molecule has 25 heavy (non-hydrogen) atoms. The molecule has 9 heteroatoms. The normalized spacial score (nSPS) is 19.3. The van der Waals surface area contributed by atoms with Crippen LogP contribution in [-0.2, 0) is 14.3 Å². The topological polar surface area (TPSA) is 87.7 Å². The number of carbonyl (C=O) groups is 2. The number of methoxy groups -OCH3 is 1. The highest BCUT2D eigenvalue weighted by atomic mass is 32.1. The van der Waals surface area contributed by atoms with E-state index in [9.17, 15) is 9.59 Å². The molecule has 0 saturated carbocycles. The fraction of sp³-hybridized carbons (Fsp3) is 0.750. The van der Waals surface area contributed by atoms with Gasteiger partial charge in [-0.25, -0.2) is 0 Å². The summed E-state index contributed by atoms with van der Waals surface area (Å²) in [5.41, 5.74) is 0. The molecule has 3 heterocycles. The molecule has 0 spiro atoms. The second kappa shape index (κ2) is 8.57. The standard InChI is InChI=1S/C16H25N5O3S/c1-24-11-7-17-14(23)12-5-9-20(10-6-12)15-18-19-16(25-15)21-8-3-2-4-13(21)22/h12H,2-11H2,1H3,(H,17,23). The van der Waals surface area contributed by atoms with Crippen LogP contribution in [0.2, 0.25) is 0 Å². The van der Waals surface area contributed by atoms with Crippen molar-refractivity contribution in [3.63, 3.8) is 0 Å². The first kappa shape index (κ1) is 18.1. The van der Waals surface area contributed by atoms with Gasteiger partial charge in [0.05, 0.1) is 6.61 Å². The van der Waals surface area contributed by atoms with Gasteiger partial charge >= 0.3 is 0 Å². The molecule has 0 aliphatic carbocycles. The molecule has 2 saturated heterocycles. The number of carbonyl (C=O) groups excluding carboxylic acids is 2. The summed E-state index contributed by atoms with van der Waals surface area (Å²) in [6.45, 7) is 3.39. The predicted molar refractivity (Wildman–Crippen MR) is 95.9 cm³/mol. The highest BCUT2D eigenvalue weighted by Crippen LogP contribution is 2.31. The van der Waals surface area contributed by atoms with Gasteiger partial charge in [0.1, 0.15) is 0 Å². The van der Waals surface area contributed by atoms with Crippen molar-refractivity contribution >= 4 is 33.4 Å². The van der Waals surface area contributed by atoms with Crippen LogP contribution in [0.4, 0.5) is 10.3 Å². The molecule has 0 aromatic carbocycles. The van der Waals surface area contributed by atoms with Crippen molar-refractivity contribution in [2.75, 3.05) is 49.7 Å². The molecule has 1 aromatic rings. The van der Waals surface area contributed by atoms with Crippen LogP contribution in [0.3, 0.4) is 0 Å². The maximum absolute atomic E-state index is 12.1. The van der Waals surface area contributed by atoms with Gasteiger partial charge in [-0.3, -0.25) is 14.5 Å². The Morgan fingerprint density at radius 1 is 1.24 bits per heavy atom. The fourth-order valence-corrected chi connectivity index (χ4v) is 4.15. The molecule has 2 aliphatic rings. The molecule has 138 valence electrons. The van der Waals surface area contributed by atoms with Gasteiger partial charge < -0.3 is 15.0 Å². The Hall–Kier alpha value is -1.74. The maximum Gasteiger partial charge on any atom is 0.228 e. The van der Waals surface area contributed by atoms with Gasteiger partial charge in [-0.05, 0) is 25.7 Å². The van der Waals surface area contributed by atoms with E-state index in [4.69, 9.17) is 4.74 Å². The summed E-state index contributed by atoms with van der Waals surface area (Å²) in [6.07, 6.45) is 4.18. The van der Waals surface area contributed by atoms with E-state index in [0.29, 0.717) is 24.7 Å². The van der Waals surface area contributed by atoms with Crippen molar-refractivity contribution in [2.24, 2.45) is 5.92 Å². The van der Waals surface area contributed by atoms with Crippen LogP contribution in [0.25, 0.3) is 0 Å². The minimum Gasteiger partial charge on any atom is -0.383 e. The lowest BCUT2D eigenvalue weighted by Gasteiger charge is -2.30. The lowest BCUT2D eigenvalue weighted by atomic mass is 9.96. The van der Waals surface area contributed by atoms with Gasteiger partial charge in [-0.1, -0.05) is 11.3 Å². The lowest BCUT2D eigenvalue weighted by molar-refractivity contribution is -0.125. The van der Waals surface area contributed by atoms with E-state index in [-0.39, 0.29) is 17.7 Å². The first-order valence-electron chi connectivity index (χ1n) is 8.84. The van der Waals surface area contributed by atoms with Crippen LogP contribution in [0, 0.1) is 5.92 Å². The average molecular weight is 367 g/mol. The highest BCUT2D eigenvalue weighted by Gasteiger charge is 2.28. The van der Waals surface area contributed by atoms with Gasteiger partial charge in [-0.2, -0.15) is 0 Å². The summed E-state index contributed by atoms with van der Waals surface area (Å²) in [4.78, 5) is 28.0. The highest BCUT2D eigenvalue weighted by molar-refractivity contribution is 7.19. The van der Waals surface area contributed by atoms with Crippen molar-refractivity contribution < 1.29 is 14.3 Å². The Morgan fingerprint density at radius 3 is 2.72 bits per heavy atom. The lowest BCUT2D eigenvalue weighted by Crippen LogP contribution is -2.41. The van der Waals surface area contributed by atoms with Crippen LogP contribution >= 0.6 is 11.3 Å². The minimum absolute atomic E-state index is 0.0455. The van der Waals surface area contributed by atoms with Crippen molar-refractivity contribution in [3.8, 4) is 0 Å². The third kappa shape index (κ3) is 4.46. The first-order chi connectivity index (χ1) is 12.2. The van der Waals surface area contributed by atoms with Gasteiger partial charge in [0.25, 0.3) is 0 Å². The Kier molecular flexibility index (Phi) is 6.19. The van der Waals surface area contributed by atoms with E-state index in [2.05, 4.69) is 20.4 Å². The predicted octanol–water partition coefficient (Wildman–Crippen LogP) is 1.03. The number of aromatic nitrogens is 2. The van der Waals surface area contributed by atoms with Crippen LogP contribution in [0.1, 0.15) is 32.1 Å². The molecular formula is C16H25N5O3S. The second-order valence-electron chi connectivity index (χ2n) is 6.41. The van der Waals surface area contributed by atoms with E-state index in [1.165, 1.54) is 11.3 Å². The number of piperidine rings is 2. The van der Waals surface area contributed by atoms with Crippen molar-refractivity contribution in [3.05, 3.63) is 0 Å². The number of nitrogens with zero attached hydrogens (tertiary/aromatic N) is 4. The summed E-state index contributed by atoms with van der Waals surface area (Å²) in [7, 11) is 1.62.